The zero-order valence-corrected chi connectivity index (χ0v) is 12.0. The van der Waals surface area contributed by atoms with E-state index in [1.54, 1.807) is 25.1 Å². The molecule has 0 bridgehead atoms. The zero-order chi connectivity index (χ0) is 15.4. The molecule has 0 aliphatic carbocycles. The number of ether oxygens (including phenoxy) is 2. The van der Waals surface area contributed by atoms with Crippen molar-refractivity contribution in [3.05, 3.63) is 23.8 Å². The van der Waals surface area contributed by atoms with Crippen LogP contribution in [0.15, 0.2) is 18.2 Å². The summed E-state index contributed by atoms with van der Waals surface area (Å²) >= 11 is 0. The molecule has 0 aromatic heterocycles. The van der Waals surface area contributed by atoms with Crippen LogP contribution in [-0.4, -0.2) is 30.9 Å². The molecule has 0 saturated carbocycles. The van der Waals surface area contributed by atoms with Crippen LogP contribution in [0.2, 0.25) is 0 Å². The van der Waals surface area contributed by atoms with Crippen LogP contribution >= 0.6 is 0 Å². The molecule has 0 fully saturated rings. The number of hydrogen-bond acceptors (Lipinski definition) is 5. The van der Waals surface area contributed by atoms with E-state index in [2.05, 4.69) is 5.32 Å². The van der Waals surface area contributed by atoms with Crippen LogP contribution in [0.25, 0.3) is 0 Å². The number of hydrogen-bond donors (Lipinski definition) is 1. The number of anilines is 1. The third-order valence-electron chi connectivity index (χ3n) is 3.18. The maximum Gasteiger partial charge on any atom is 0.316 e. The number of rotatable bonds is 5. The van der Waals surface area contributed by atoms with Gasteiger partial charge in [0.15, 0.2) is 6.61 Å². The monoisotopic (exact) mass is 291 g/mol. The second kappa shape index (κ2) is 6.39. The van der Waals surface area contributed by atoms with E-state index >= 15 is 0 Å². The Balaban J connectivity index is 2.17. The van der Waals surface area contributed by atoms with E-state index < -0.39 is 11.9 Å². The molecule has 1 N–H and O–H groups in total. The molecule has 112 valence electrons. The van der Waals surface area contributed by atoms with Crippen molar-refractivity contribution in [2.75, 3.05) is 18.5 Å². The Labute approximate surface area is 122 Å². The zero-order valence-electron chi connectivity index (χ0n) is 12.0. The van der Waals surface area contributed by atoms with Crippen molar-refractivity contribution in [3.8, 4) is 5.75 Å². The highest BCUT2D eigenvalue weighted by molar-refractivity contribution is 5.98. The molecule has 1 atom stereocenters. The van der Waals surface area contributed by atoms with Crippen LogP contribution in [0.4, 0.5) is 5.69 Å². The largest absolute Gasteiger partial charge is 0.482 e. The van der Waals surface area contributed by atoms with Gasteiger partial charge < -0.3 is 14.8 Å². The fourth-order valence-corrected chi connectivity index (χ4v) is 2.13. The molecular weight excluding hydrogens is 274 g/mol. The summed E-state index contributed by atoms with van der Waals surface area (Å²) in [6, 6.07) is 5.19. The summed E-state index contributed by atoms with van der Waals surface area (Å²) in [7, 11) is 0. The Morgan fingerprint density at radius 2 is 2.19 bits per heavy atom. The van der Waals surface area contributed by atoms with Crippen LogP contribution in [0, 0.1) is 5.92 Å². The van der Waals surface area contributed by atoms with Crippen molar-refractivity contribution in [2.45, 2.75) is 20.3 Å². The number of Topliss-reactive ketones (excluding diaryl/α,β-unsaturated/α-hetero) is 1. The van der Waals surface area contributed by atoms with Gasteiger partial charge in [0.25, 0.3) is 5.91 Å². The van der Waals surface area contributed by atoms with E-state index in [0.29, 0.717) is 11.4 Å². The van der Waals surface area contributed by atoms with Gasteiger partial charge in [0, 0.05) is 0 Å². The van der Waals surface area contributed by atoms with Crippen LogP contribution in [0.3, 0.4) is 0 Å². The molecule has 6 heteroatoms. The molecule has 1 amide bonds. The van der Waals surface area contributed by atoms with Crippen LogP contribution in [-0.2, 0) is 25.5 Å². The second-order valence-corrected chi connectivity index (χ2v) is 4.79. The Kier molecular flexibility index (Phi) is 4.57. The first-order chi connectivity index (χ1) is 10.0. The Morgan fingerprint density at radius 3 is 2.86 bits per heavy atom. The van der Waals surface area contributed by atoms with Gasteiger partial charge in [-0.05, 0) is 38.0 Å². The van der Waals surface area contributed by atoms with Gasteiger partial charge in [-0.2, -0.15) is 0 Å². The molecular formula is C15H17NO5. The number of carbonyl (C=O) groups excluding carboxylic acids is 3. The van der Waals surface area contributed by atoms with Crippen molar-refractivity contribution in [1.82, 2.24) is 0 Å². The van der Waals surface area contributed by atoms with Gasteiger partial charge >= 0.3 is 5.97 Å². The lowest BCUT2D eigenvalue weighted by Gasteiger charge is -2.19. The SMILES string of the molecule is CCOC(=O)C(Cc1ccc2c(c1)NC(=O)CO2)C(C)=O. The first-order valence-electron chi connectivity index (χ1n) is 6.74. The van der Waals surface area contributed by atoms with Gasteiger partial charge in [0.2, 0.25) is 0 Å². The summed E-state index contributed by atoms with van der Waals surface area (Å²) in [6.45, 7) is 3.29. The number of benzene rings is 1. The number of ketones is 1. The predicted octanol–water partition coefficient (Wildman–Crippen LogP) is 1.33. The fourth-order valence-electron chi connectivity index (χ4n) is 2.13. The first kappa shape index (κ1) is 15.0. The number of nitrogens with one attached hydrogen (secondary N) is 1. The van der Waals surface area contributed by atoms with Gasteiger partial charge in [0.1, 0.15) is 17.5 Å². The maximum absolute atomic E-state index is 11.8. The lowest BCUT2D eigenvalue weighted by atomic mass is 9.95. The standard InChI is InChI=1S/C15H17NO5/c1-3-20-15(19)11(9(2)17)6-10-4-5-13-12(7-10)16-14(18)8-21-13/h4-5,7,11H,3,6,8H2,1-2H3,(H,16,18). The van der Waals surface area contributed by atoms with E-state index in [0.717, 1.165) is 5.56 Å². The minimum Gasteiger partial charge on any atom is -0.482 e. The number of carbonyl (C=O) groups is 3. The molecule has 0 radical (unpaired) electrons. The normalized spacial score (nSPS) is 14.5. The number of esters is 1. The molecule has 0 saturated heterocycles. The molecule has 1 aromatic carbocycles. The molecule has 1 aliphatic heterocycles. The van der Waals surface area contributed by atoms with Crippen molar-refractivity contribution < 1.29 is 23.9 Å². The summed E-state index contributed by atoms with van der Waals surface area (Å²) < 4.78 is 10.2. The summed E-state index contributed by atoms with van der Waals surface area (Å²) in [6.07, 6.45) is 0.233. The van der Waals surface area contributed by atoms with Gasteiger partial charge in [0.05, 0.1) is 12.3 Å². The Hall–Kier alpha value is -2.37. The summed E-state index contributed by atoms with van der Waals surface area (Å²) in [5.74, 6) is -1.25. The van der Waals surface area contributed by atoms with Crippen molar-refractivity contribution >= 4 is 23.3 Å². The smallest absolute Gasteiger partial charge is 0.316 e. The van der Waals surface area contributed by atoms with Crippen molar-refractivity contribution in [2.24, 2.45) is 5.92 Å². The fraction of sp³-hybridized carbons (Fsp3) is 0.400. The molecule has 6 nitrogen and oxygen atoms in total. The molecule has 1 heterocycles. The Morgan fingerprint density at radius 1 is 1.43 bits per heavy atom. The lowest BCUT2D eigenvalue weighted by molar-refractivity contribution is -0.151. The average Bonchev–Trinajstić information content (AvgIpc) is 2.44. The molecule has 1 aliphatic rings. The minimum atomic E-state index is -0.830. The van der Waals surface area contributed by atoms with Gasteiger partial charge in [-0.25, -0.2) is 0 Å². The highest BCUT2D eigenvalue weighted by Gasteiger charge is 2.26. The summed E-state index contributed by atoms with van der Waals surface area (Å²) in [4.78, 5) is 34.7. The van der Waals surface area contributed by atoms with Crippen LogP contribution in [0.1, 0.15) is 19.4 Å². The quantitative estimate of drug-likeness (QED) is 0.653. The third kappa shape index (κ3) is 3.59. The lowest BCUT2D eigenvalue weighted by Crippen LogP contribution is -2.27. The first-order valence-corrected chi connectivity index (χ1v) is 6.74. The third-order valence-corrected chi connectivity index (χ3v) is 3.18. The van der Waals surface area contributed by atoms with Crippen molar-refractivity contribution in [1.29, 1.82) is 0 Å². The Bertz CT molecular complexity index is 581. The van der Waals surface area contributed by atoms with Crippen molar-refractivity contribution in [3.63, 3.8) is 0 Å². The van der Waals surface area contributed by atoms with Crippen LogP contribution < -0.4 is 10.1 Å². The van der Waals surface area contributed by atoms with Crippen LogP contribution in [0.5, 0.6) is 5.75 Å². The topological polar surface area (TPSA) is 81.7 Å². The van der Waals surface area contributed by atoms with E-state index in [9.17, 15) is 14.4 Å². The van der Waals surface area contributed by atoms with E-state index in [-0.39, 0.29) is 31.3 Å². The minimum absolute atomic E-state index is 0.00869. The highest BCUT2D eigenvalue weighted by Crippen LogP contribution is 2.29. The second-order valence-electron chi connectivity index (χ2n) is 4.79. The maximum atomic E-state index is 11.8. The van der Waals surface area contributed by atoms with Gasteiger partial charge in [-0.15, -0.1) is 0 Å². The molecule has 1 aromatic rings. The van der Waals surface area contributed by atoms with E-state index in [1.165, 1.54) is 6.92 Å². The van der Waals surface area contributed by atoms with Gasteiger partial charge in [-0.3, -0.25) is 14.4 Å². The number of amides is 1. The molecule has 0 spiro atoms. The molecule has 21 heavy (non-hydrogen) atoms. The highest BCUT2D eigenvalue weighted by atomic mass is 16.5. The average molecular weight is 291 g/mol. The van der Waals surface area contributed by atoms with E-state index in [1.807, 2.05) is 0 Å². The summed E-state index contributed by atoms with van der Waals surface area (Å²) in [5, 5.41) is 2.69. The molecule has 2 rings (SSSR count). The predicted molar refractivity (Wildman–Crippen MR) is 75.1 cm³/mol. The summed E-state index contributed by atoms with van der Waals surface area (Å²) in [5.41, 5.74) is 1.31. The van der Waals surface area contributed by atoms with Gasteiger partial charge in [-0.1, -0.05) is 6.07 Å². The number of fused-ring (bicyclic) bond motifs is 1. The molecule has 1 unspecified atom stereocenters. The van der Waals surface area contributed by atoms with E-state index in [4.69, 9.17) is 9.47 Å².